The molecule has 0 aromatic rings. The number of fused-ring (bicyclic) bond motifs is 7. The van der Waals surface area contributed by atoms with E-state index in [4.69, 9.17) is 33.2 Å². The first-order valence-corrected chi connectivity index (χ1v) is 23.5. The number of hydrogen-bond donors (Lipinski definition) is 12. The molecule has 4 aliphatic heterocycles. The summed E-state index contributed by atoms with van der Waals surface area (Å²) in [6.07, 6.45) is -13.9. The lowest BCUT2D eigenvalue weighted by molar-refractivity contribution is -0.360. The average molecular weight is 919 g/mol. The van der Waals surface area contributed by atoms with Crippen LogP contribution in [0.1, 0.15) is 92.4 Å². The van der Waals surface area contributed by atoms with E-state index in [9.17, 15) is 61.3 Å². The Kier molecular flexibility index (Phi) is 14.2. The summed E-state index contributed by atoms with van der Waals surface area (Å²) in [4.78, 5) is 0. The second kappa shape index (κ2) is 18.4. The van der Waals surface area contributed by atoms with Gasteiger partial charge in [-0.3, -0.25) is 0 Å². The Morgan fingerprint density at radius 2 is 1.38 bits per heavy atom. The van der Waals surface area contributed by atoms with Crippen molar-refractivity contribution in [1.82, 2.24) is 0 Å². The molecule has 4 heterocycles. The van der Waals surface area contributed by atoms with Gasteiger partial charge in [0.25, 0.3) is 0 Å². The monoisotopic (exact) mass is 918 g/mol. The molecule has 0 spiro atoms. The fourth-order valence-electron chi connectivity index (χ4n) is 13.5. The maximum absolute atomic E-state index is 13.0. The summed E-state index contributed by atoms with van der Waals surface area (Å²) < 4.78 is 41.4. The molecule has 8 aliphatic rings. The van der Waals surface area contributed by atoms with Crippen molar-refractivity contribution in [2.45, 2.75) is 208 Å². The van der Waals surface area contributed by atoms with Gasteiger partial charge >= 0.3 is 0 Å². The van der Waals surface area contributed by atoms with Crippen LogP contribution in [-0.4, -0.2) is 197 Å². The van der Waals surface area contributed by atoms with E-state index < -0.39 is 122 Å². The van der Waals surface area contributed by atoms with E-state index in [0.29, 0.717) is 38.5 Å². The molecule has 4 saturated heterocycles. The smallest absolute Gasteiger partial charge is 0.187 e. The highest BCUT2D eigenvalue weighted by Crippen LogP contribution is 2.71. The molecule has 368 valence electrons. The highest BCUT2D eigenvalue weighted by molar-refractivity contribution is 5.29. The van der Waals surface area contributed by atoms with Crippen LogP contribution in [0.25, 0.3) is 0 Å². The summed E-state index contributed by atoms with van der Waals surface area (Å²) in [7, 11) is 0. The molecule has 19 nitrogen and oxygen atoms in total. The number of aliphatic hydroxyl groups is 12. The first-order valence-electron chi connectivity index (χ1n) is 23.5. The molecular formula is C45H74O19. The van der Waals surface area contributed by atoms with E-state index in [2.05, 4.69) is 19.9 Å². The molecule has 4 aliphatic carbocycles. The zero-order chi connectivity index (χ0) is 46.4. The molecule has 64 heavy (non-hydrogen) atoms. The van der Waals surface area contributed by atoms with E-state index in [1.807, 2.05) is 13.8 Å². The largest absolute Gasteiger partial charge is 0.394 e. The third-order valence-corrected chi connectivity index (χ3v) is 17.6. The molecule has 0 aromatic carbocycles. The number of aliphatic hydroxyl groups excluding tert-OH is 10. The summed E-state index contributed by atoms with van der Waals surface area (Å²) in [5.74, 6) is -1.74. The quantitative estimate of drug-likeness (QED) is 0.0970. The number of ether oxygens (including phenoxy) is 7. The SMILES string of the molecule is C[C@H](CC[C@]1(O)O[C@H]2C[C@@]3(O)[C@@H]4CC=C5C[C@@H](O[C@@H]6O[C@H](CO)[C@@H](O[C@@H]7O[C@@H](C)[C@H](O)[C@@H](O)[C@H]7O)[C@H](O)[C@H]6O)CC[C@]5(C)[C@H]4CC[C@]3(C)[C@H]2[C@@H]1C)CO[C@@H]1O[C@H](CO)[C@@H](O)[C@H](O)[C@H]1O. The zero-order valence-corrected chi connectivity index (χ0v) is 37.5. The van der Waals surface area contributed by atoms with Crippen molar-refractivity contribution >= 4 is 0 Å². The van der Waals surface area contributed by atoms with Crippen molar-refractivity contribution in [3.8, 4) is 0 Å². The molecule has 12 N–H and O–H groups in total. The molecular weight excluding hydrogens is 844 g/mol. The van der Waals surface area contributed by atoms with Crippen LogP contribution in [0, 0.1) is 40.4 Å². The molecule has 0 aromatic heterocycles. The summed E-state index contributed by atoms with van der Waals surface area (Å²) in [5.41, 5.74) is -0.562. The highest BCUT2D eigenvalue weighted by Gasteiger charge is 2.74. The van der Waals surface area contributed by atoms with Gasteiger partial charge in [0.2, 0.25) is 0 Å². The summed E-state index contributed by atoms with van der Waals surface area (Å²) in [6.45, 7) is 8.82. The standard InChI is InChI=1S/C45H74O19/c1-19(18-58-39-35(53)33(51)31(49)27(16-46)61-39)8-13-45(57)20(2)29-26(64-45)15-44(56)25-7-6-22-14-23(9-11-42(22,4)24(25)10-12-43(29,44)5)60-41-37(55)34(52)38(28(17-47)62-41)63-40-36(54)32(50)30(48)21(3)59-40/h6,19-21,23-41,46-57H,7-18H2,1-5H3/t19-,20+,21+,23+,24+,25-,26+,27-,28-,29+,30+,31-,32-,33+,34-,35-,36-,37-,38-,39-,40+,41-,42+,43-,44-,45+/m1/s1. The summed E-state index contributed by atoms with van der Waals surface area (Å²) in [6, 6.07) is 0. The molecule has 0 amide bonds. The highest BCUT2D eigenvalue weighted by atomic mass is 16.7. The number of allylic oxidation sites excluding steroid dienone is 1. The molecule has 8 rings (SSSR count). The van der Waals surface area contributed by atoms with Gasteiger partial charge in [-0.05, 0) is 75.0 Å². The molecule has 0 bridgehead atoms. The van der Waals surface area contributed by atoms with E-state index in [0.717, 1.165) is 19.3 Å². The molecule has 26 atom stereocenters. The van der Waals surface area contributed by atoms with Crippen LogP contribution in [0.4, 0.5) is 0 Å². The summed E-state index contributed by atoms with van der Waals surface area (Å²) in [5, 5.41) is 128. The Hall–Kier alpha value is -1.02. The Balaban J connectivity index is 0.869. The molecule has 0 unspecified atom stereocenters. The van der Waals surface area contributed by atoms with Crippen LogP contribution in [0.2, 0.25) is 0 Å². The lowest BCUT2D eigenvalue weighted by Crippen LogP contribution is -2.64. The third-order valence-electron chi connectivity index (χ3n) is 17.6. The average Bonchev–Trinajstić information content (AvgIpc) is 3.65. The number of rotatable bonds is 12. The van der Waals surface area contributed by atoms with E-state index >= 15 is 0 Å². The van der Waals surface area contributed by atoms with Crippen LogP contribution >= 0.6 is 0 Å². The first kappa shape index (κ1) is 49.4. The Labute approximate surface area is 373 Å². The lowest BCUT2D eigenvalue weighted by atomic mass is 9.45. The van der Waals surface area contributed by atoms with Gasteiger partial charge in [-0.15, -0.1) is 0 Å². The van der Waals surface area contributed by atoms with Crippen LogP contribution < -0.4 is 0 Å². The molecule has 19 heteroatoms. The van der Waals surface area contributed by atoms with Crippen molar-refractivity contribution in [3.05, 3.63) is 11.6 Å². The molecule has 0 radical (unpaired) electrons. The van der Waals surface area contributed by atoms with Crippen LogP contribution in [0.3, 0.4) is 0 Å². The van der Waals surface area contributed by atoms with Gasteiger partial charge in [0.15, 0.2) is 24.7 Å². The normalized spacial score (nSPS) is 55.5. The van der Waals surface area contributed by atoms with Gasteiger partial charge in [0, 0.05) is 30.1 Å². The van der Waals surface area contributed by atoms with Crippen molar-refractivity contribution in [2.24, 2.45) is 40.4 Å². The van der Waals surface area contributed by atoms with Crippen LogP contribution in [-0.2, 0) is 33.2 Å². The third kappa shape index (κ3) is 8.16. The minimum atomic E-state index is -1.66. The Morgan fingerprint density at radius 1 is 0.734 bits per heavy atom. The Morgan fingerprint density at radius 3 is 2.08 bits per heavy atom. The van der Waals surface area contributed by atoms with Crippen molar-refractivity contribution in [2.75, 3.05) is 19.8 Å². The Bertz CT molecular complexity index is 1650. The first-order chi connectivity index (χ1) is 30.1. The second-order valence-corrected chi connectivity index (χ2v) is 21.2. The predicted octanol–water partition coefficient (Wildman–Crippen LogP) is -1.72. The van der Waals surface area contributed by atoms with Gasteiger partial charge in [-0.2, -0.15) is 0 Å². The maximum Gasteiger partial charge on any atom is 0.187 e. The van der Waals surface area contributed by atoms with Crippen molar-refractivity contribution in [3.63, 3.8) is 0 Å². The van der Waals surface area contributed by atoms with E-state index in [1.165, 1.54) is 12.5 Å². The van der Waals surface area contributed by atoms with Gasteiger partial charge < -0.3 is 94.4 Å². The number of hydrogen-bond acceptors (Lipinski definition) is 19. The van der Waals surface area contributed by atoms with E-state index in [-0.39, 0.29) is 53.8 Å². The van der Waals surface area contributed by atoms with Crippen LogP contribution in [0.5, 0.6) is 0 Å². The predicted molar refractivity (Wildman–Crippen MR) is 219 cm³/mol. The second-order valence-electron chi connectivity index (χ2n) is 21.2. The molecule has 3 saturated carbocycles. The fourth-order valence-corrected chi connectivity index (χ4v) is 13.5. The molecule has 7 fully saturated rings. The van der Waals surface area contributed by atoms with Gasteiger partial charge in [-0.1, -0.05) is 39.3 Å². The topological polar surface area (TPSA) is 307 Å². The van der Waals surface area contributed by atoms with Gasteiger partial charge in [0.05, 0.1) is 43.7 Å². The minimum absolute atomic E-state index is 0.0357. The van der Waals surface area contributed by atoms with Crippen molar-refractivity contribution in [1.29, 1.82) is 0 Å². The van der Waals surface area contributed by atoms with E-state index in [1.54, 1.807) is 0 Å². The summed E-state index contributed by atoms with van der Waals surface area (Å²) >= 11 is 0. The maximum atomic E-state index is 13.0. The van der Waals surface area contributed by atoms with Crippen LogP contribution in [0.15, 0.2) is 11.6 Å². The lowest BCUT2D eigenvalue weighted by Gasteiger charge is -2.61. The zero-order valence-electron chi connectivity index (χ0n) is 37.5. The fraction of sp³-hybridized carbons (Fsp3) is 0.956. The minimum Gasteiger partial charge on any atom is -0.394 e. The van der Waals surface area contributed by atoms with Crippen molar-refractivity contribution < 1.29 is 94.4 Å². The van der Waals surface area contributed by atoms with Gasteiger partial charge in [0.1, 0.15) is 67.1 Å². The van der Waals surface area contributed by atoms with Gasteiger partial charge in [-0.25, -0.2) is 0 Å².